The lowest BCUT2D eigenvalue weighted by Crippen LogP contribution is -2.07. The van der Waals surface area contributed by atoms with Gasteiger partial charge in [-0.15, -0.1) is 4.40 Å². The molecule has 0 fully saturated rings. The van der Waals surface area contributed by atoms with Crippen LogP contribution in [0.15, 0.2) is 56.2 Å². The van der Waals surface area contributed by atoms with Crippen LogP contribution in [0.2, 0.25) is 0 Å². The SMILES string of the molecule is O=S1(=O)N=C(Oc2cc(F)cc(Br)c2)c2ccccc21. The van der Waals surface area contributed by atoms with Crippen LogP contribution in [0.4, 0.5) is 4.39 Å². The van der Waals surface area contributed by atoms with Gasteiger partial charge >= 0.3 is 0 Å². The molecule has 0 N–H and O–H groups in total. The molecule has 2 aromatic carbocycles. The fourth-order valence-electron chi connectivity index (χ4n) is 1.85. The summed E-state index contributed by atoms with van der Waals surface area (Å²) in [4.78, 5) is 0.0884. The van der Waals surface area contributed by atoms with Crippen LogP contribution in [-0.4, -0.2) is 14.3 Å². The van der Waals surface area contributed by atoms with Gasteiger partial charge in [-0.2, -0.15) is 8.42 Å². The lowest BCUT2D eigenvalue weighted by Gasteiger charge is -2.06. The molecular formula is C13H7BrFNO3S. The Morgan fingerprint density at radius 2 is 1.90 bits per heavy atom. The van der Waals surface area contributed by atoms with Gasteiger partial charge in [0.2, 0.25) is 5.90 Å². The topological polar surface area (TPSA) is 55.7 Å². The third-order valence-electron chi connectivity index (χ3n) is 2.65. The summed E-state index contributed by atoms with van der Waals surface area (Å²) in [5.41, 5.74) is 0.368. The molecule has 0 aromatic heterocycles. The Bertz CT molecular complexity index is 813. The van der Waals surface area contributed by atoms with Crippen molar-refractivity contribution in [2.24, 2.45) is 4.40 Å². The zero-order valence-corrected chi connectivity index (χ0v) is 12.3. The molecule has 0 bridgehead atoms. The van der Waals surface area contributed by atoms with Crippen LogP contribution in [0.3, 0.4) is 0 Å². The Morgan fingerprint density at radius 3 is 2.65 bits per heavy atom. The van der Waals surface area contributed by atoms with Crippen molar-refractivity contribution in [1.82, 2.24) is 0 Å². The van der Waals surface area contributed by atoms with Crippen LogP contribution in [0, 0.1) is 5.82 Å². The van der Waals surface area contributed by atoms with Gasteiger partial charge in [0, 0.05) is 10.5 Å². The van der Waals surface area contributed by atoms with E-state index in [9.17, 15) is 12.8 Å². The van der Waals surface area contributed by atoms with E-state index < -0.39 is 15.8 Å². The quantitative estimate of drug-likeness (QED) is 0.789. The fraction of sp³-hybridized carbons (Fsp3) is 0. The molecule has 0 aliphatic carbocycles. The Kier molecular flexibility index (Phi) is 3.10. The van der Waals surface area contributed by atoms with Crippen LogP contribution < -0.4 is 4.74 Å². The fourth-order valence-corrected chi connectivity index (χ4v) is 3.43. The van der Waals surface area contributed by atoms with Crippen LogP contribution in [-0.2, 0) is 10.0 Å². The van der Waals surface area contributed by atoms with Crippen molar-refractivity contribution in [2.75, 3.05) is 0 Å². The molecule has 0 amide bonds. The van der Waals surface area contributed by atoms with Crippen molar-refractivity contribution in [3.05, 3.63) is 58.3 Å². The first-order valence-corrected chi connectivity index (χ1v) is 7.77. The number of benzene rings is 2. The largest absolute Gasteiger partial charge is 0.438 e. The molecule has 0 saturated heterocycles. The van der Waals surface area contributed by atoms with Gasteiger partial charge in [0.1, 0.15) is 16.5 Å². The highest BCUT2D eigenvalue weighted by Gasteiger charge is 2.30. The molecule has 1 aliphatic heterocycles. The van der Waals surface area contributed by atoms with Gasteiger partial charge in [-0.1, -0.05) is 28.1 Å². The molecule has 4 nitrogen and oxygen atoms in total. The standard InChI is InChI=1S/C13H7BrFNO3S/c14-8-5-9(15)7-10(6-8)19-13-11-3-1-2-4-12(11)20(17,18)16-13/h1-7H. The van der Waals surface area contributed by atoms with Crippen molar-refractivity contribution in [3.63, 3.8) is 0 Å². The molecule has 0 radical (unpaired) electrons. The third kappa shape index (κ3) is 2.34. The van der Waals surface area contributed by atoms with Crippen molar-refractivity contribution >= 4 is 31.9 Å². The molecule has 0 unspecified atom stereocenters. The molecular weight excluding hydrogens is 349 g/mol. The van der Waals surface area contributed by atoms with E-state index in [-0.39, 0.29) is 16.5 Å². The smallest absolute Gasteiger partial charge is 0.286 e. The number of sulfonamides is 1. The molecule has 0 atom stereocenters. The Morgan fingerprint density at radius 1 is 1.15 bits per heavy atom. The minimum atomic E-state index is -3.74. The van der Waals surface area contributed by atoms with Gasteiger partial charge in [-0.05, 0) is 24.3 Å². The van der Waals surface area contributed by atoms with E-state index in [1.807, 2.05) is 0 Å². The first-order valence-electron chi connectivity index (χ1n) is 5.54. The van der Waals surface area contributed by atoms with Crippen molar-refractivity contribution in [1.29, 1.82) is 0 Å². The number of rotatable bonds is 1. The molecule has 0 saturated carbocycles. The Labute approximate surface area is 123 Å². The zero-order chi connectivity index (χ0) is 14.3. The normalized spacial score (nSPS) is 15.6. The van der Waals surface area contributed by atoms with E-state index in [1.165, 1.54) is 18.2 Å². The molecule has 3 rings (SSSR count). The van der Waals surface area contributed by atoms with Gasteiger partial charge in [0.25, 0.3) is 10.0 Å². The molecule has 1 aliphatic rings. The second-order valence-electron chi connectivity index (χ2n) is 4.07. The van der Waals surface area contributed by atoms with Gasteiger partial charge < -0.3 is 4.74 Å². The van der Waals surface area contributed by atoms with E-state index in [0.717, 1.165) is 6.07 Å². The van der Waals surface area contributed by atoms with Gasteiger partial charge in [0.05, 0.1) is 5.56 Å². The number of fused-ring (bicyclic) bond motifs is 1. The molecule has 1 heterocycles. The van der Waals surface area contributed by atoms with E-state index in [1.54, 1.807) is 18.2 Å². The summed E-state index contributed by atoms with van der Waals surface area (Å²) < 4.78 is 46.4. The maximum absolute atomic E-state index is 13.3. The summed E-state index contributed by atoms with van der Waals surface area (Å²) in [7, 11) is -3.74. The van der Waals surface area contributed by atoms with Gasteiger partial charge in [-0.25, -0.2) is 4.39 Å². The van der Waals surface area contributed by atoms with E-state index in [4.69, 9.17) is 4.74 Å². The first-order chi connectivity index (χ1) is 9.45. The van der Waals surface area contributed by atoms with Gasteiger partial charge in [-0.3, -0.25) is 0 Å². The first kappa shape index (κ1) is 13.3. The second-order valence-corrected chi connectivity index (χ2v) is 6.56. The highest BCUT2D eigenvalue weighted by molar-refractivity contribution is 9.10. The molecule has 7 heteroatoms. The van der Waals surface area contributed by atoms with E-state index >= 15 is 0 Å². The molecule has 20 heavy (non-hydrogen) atoms. The minimum absolute atomic E-state index is 0.0573. The Hall–Kier alpha value is -1.73. The third-order valence-corrected chi connectivity index (χ3v) is 4.42. The number of nitrogens with zero attached hydrogens (tertiary/aromatic N) is 1. The highest BCUT2D eigenvalue weighted by atomic mass is 79.9. The number of halogens is 2. The van der Waals surface area contributed by atoms with Crippen LogP contribution in [0.1, 0.15) is 5.56 Å². The maximum atomic E-state index is 13.3. The van der Waals surface area contributed by atoms with Crippen molar-refractivity contribution < 1.29 is 17.5 Å². The van der Waals surface area contributed by atoms with E-state index in [2.05, 4.69) is 20.3 Å². The molecule has 2 aromatic rings. The molecule has 102 valence electrons. The summed E-state index contributed by atoms with van der Waals surface area (Å²) in [5.74, 6) is -0.384. The Balaban J connectivity index is 2.04. The van der Waals surface area contributed by atoms with Crippen LogP contribution in [0.25, 0.3) is 0 Å². The number of hydrogen-bond donors (Lipinski definition) is 0. The minimum Gasteiger partial charge on any atom is -0.438 e. The summed E-state index contributed by atoms with van der Waals surface area (Å²) in [6, 6.07) is 10.3. The van der Waals surface area contributed by atoms with E-state index in [0.29, 0.717) is 10.0 Å². The maximum Gasteiger partial charge on any atom is 0.286 e. The molecule has 0 spiro atoms. The van der Waals surface area contributed by atoms with Crippen molar-refractivity contribution in [3.8, 4) is 5.75 Å². The monoisotopic (exact) mass is 355 g/mol. The predicted octanol–water partition coefficient (Wildman–Crippen LogP) is 3.12. The zero-order valence-electron chi connectivity index (χ0n) is 9.88. The number of hydrogen-bond acceptors (Lipinski definition) is 3. The number of ether oxygens (including phenoxy) is 1. The summed E-state index contributed by atoms with van der Waals surface area (Å²) >= 11 is 3.14. The average molecular weight is 356 g/mol. The van der Waals surface area contributed by atoms with Gasteiger partial charge in [0.15, 0.2) is 0 Å². The highest BCUT2D eigenvalue weighted by Crippen LogP contribution is 2.28. The lowest BCUT2D eigenvalue weighted by molar-refractivity contribution is 0.541. The summed E-state index contributed by atoms with van der Waals surface area (Å²) in [6.07, 6.45) is 0. The predicted molar refractivity (Wildman–Crippen MR) is 74.9 cm³/mol. The summed E-state index contributed by atoms with van der Waals surface area (Å²) in [6.45, 7) is 0. The van der Waals surface area contributed by atoms with Crippen molar-refractivity contribution in [2.45, 2.75) is 4.90 Å². The second kappa shape index (κ2) is 4.68. The van der Waals surface area contributed by atoms with Crippen LogP contribution >= 0.6 is 15.9 Å². The van der Waals surface area contributed by atoms with Crippen LogP contribution in [0.5, 0.6) is 5.75 Å². The summed E-state index contributed by atoms with van der Waals surface area (Å²) in [5, 5.41) is 0. The average Bonchev–Trinajstić information content (AvgIpc) is 2.60. The lowest BCUT2D eigenvalue weighted by atomic mass is 10.2.